The molecule has 0 bridgehead atoms. The van der Waals surface area contributed by atoms with Gasteiger partial charge in [0.05, 0.1) is 12.2 Å². The molecule has 1 N–H and O–H groups in total. The number of oxazole rings is 1. The van der Waals surface area contributed by atoms with Crippen molar-refractivity contribution in [1.29, 1.82) is 0 Å². The van der Waals surface area contributed by atoms with Gasteiger partial charge in [0.15, 0.2) is 0 Å². The average Bonchev–Trinajstić information content (AvgIpc) is 2.78. The van der Waals surface area contributed by atoms with Gasteiger partial charge < -0.3 is 9.73 Å². The van der Waals surface area contributed by atoms with Crippen LogP contribution in [0.4, 0.5) is 0 Å². The van der Waals surface area contributed by atoms with Gasteiger partial charge in [-0.25, -0.2) is 4.98 Å². The van der Waals surface area contributed by atoms with E-state index >= 15 is 0 Å². The van der Waals surface area contributed by atoms with E-state index in [4.69, 9.17) is 16.0 Å². The third-order valence-corrected chi connectivity index (χ3v) is 4.23. The third kappa shape index (κ3) is 4.85. The molecule has 1 aromatic carbocycles. The smallest absolute Gasteiger partial charge is 0.208 e. The number of hydrogen-bond acceptors (Lipinski definition) is 4. The van der Waals surface area contributed by atoms with E-state index in [-0.39, 0.29) is 24.8 Å². The summed E-state index contributed by atoms with van der Waals surface area (Å²) in [5.74, 6) is 1.69. The first-order valence-electron chi connectivity index (χ1n) is 7.26. The molecule has 1 atom stereocenters. The summed E-state index contributed by atoms with van der Waals surface area (Å²) in [5.41, 5.74) is 2.20. The topological polar surface area (TPSA) is 41.3 Å². The average molecular weight is 379 g/mol. The van der Waals surface area contributed by atoms with Gasteiger partial charge in [-0.15, -0.1) is 24.8 Å². The Hall–Kier alpha value is -0.780. The van der Waals surface area contributed by atoms with Crippen LogP contribution in [0.1, 0.15) is 29.0 Å². The van der Waals surface area contributed by atoms with Crippen LogP contribution in [-0.2, 0) is 6.54 Å². The number of aryl methyl sites for hydroxylation is 2. The standard InChI is InChI=1S/C16H20ClN3O.2ClH/c1-11-12(2)21-16(19-11)10-20-7-6-18-9-15(20)13-4-3-5-14(17)8-13;;/h3-5,8,15,18H,6-7,9-10H2,1-2H3;2*1H. The summed E-state index contributed by atoms with van der Waals surface area (Å²) >= 11 is 6.13. The molecule has 3 rings (SSSR count). The fraction of sp³-hybridized carbons (Fsp3) is 0.438. The van der Waals surface area contributed by atoms with Crippen molar-refractivity contribution in [2.45, 2.75) is 26.4 Å². The second-order valence-corrected chi connectivity index (χ2v) is 5.93. The number of piperazine rings is 1. The maximum absolute atomic E-state index is 6.13. The predicted octanol–water partition coefficient (Wildman–Crippen LogP) is 3.93. The van der Waals surface area contributed by atoms with E-state index in [9.17, 15) is 0 Å². The maximum Gasteiger partial charge on any atom is 0.208 e. The molecule has 1 aromatic heterocycles. The van der Waals surface area contributed by atoms with E-state index in [1.54, 1.807) is 0 Å². The van der Waals surface area contributed by atoms with E-state index < -0.39 is 0 Å². The molecule has 1 aliphatic rings. The normalized spacial score (nSPS) is 18.1. The molecule has 2 heterocycles. The van der Waals surface area contributed by atoms with Crippen molar-refractivity contribution in [3.63, 3.8) is 0 Å². The fourth-order valence-electron chi connectivity index (χ4n) is 2.76. The highest BCUT2D eigenvalue weighted by molar-refractivity contribution is 6.30. The van der Waals surface area contributed by atoms with Gasteiger partial charge in [0.2, 0.25) is 5.89 Å². The highest BCUT2D eigenvalue weighted by Gasteiger charge is 2.25. The summed E-state index contributed by atoms with van der Waals surface area (Å²) in [7, 11) is 0. The van der Waals surface area contributed by atoms with Crippen LogP contribution < -0.4 is 5.32 Å². The molecule has 2 aromatic rings. The first-order valence-corrected chi connectivity index (χ1v) is 7.64. The molecule has 0 spiro atoms. The Balaban J connectivity index is 0.00000132. The van der Waals surface area contributed by atoms with Crippen molar-refractivity contribution < 1.29 is 4.42 Å². The van der Waals surface area contributed by atoms with E-state index in [1.165, 1.54) is 5.56 Å². The van der Waals surface area contributed by atoms with Crippen LogP contribution in [0, 0.1) is 13.8 Å². The van der Waals surface area contributed by atoms with Gasteiger partial charge in [0, 0.05) is 30.7 Å². The van der Waals surface area contributed by atoms with Gasteiger partial charge in [-0.2, -0.15) is 0 Å². The summed E-state index contributed by atoms with van der Waals surface area (Å²) in [4.78, 5) is 6.89. The molecule has 0 saturated carbocycles. The number of rotatable bonds is 3. The van der Waals surface area contributed by atoms with Crippen LogP contribution in [0.15, 0.2) is 28.7 Å². The minimum absolute atomic E-state index is 0. The predicted molar refractivity (Wildman–Crippen MR) is 97.9 cm³/mol. The van der Waals surface area contributed by atoms with Crippen LogP contribution in [0.5, 0.6) is 0 Å². The molecule has 1 fully saturated rings. The Morgan fingerprint density at radius 3 is 2.78 bits per heavy atom. The van der Waals surface area contributed by atoms with Crippen molar-refractivity contribution in [3.8, 4) is 0 Å². The lowest BCUT2D eigenvalue weighted by atomic mass is 10.0. The van der Waals surface area contributed by atoms with Gasteiger partial charge in [0.25, 0.3) is 0 Å². The Bertz CT molecular complexity index is 613. The van der Waals surface area contributed by atoms with Gasteiger partial charge >= 0.3 is 0 Å². The third-order valence-electron chi connectivity index (χ3n) is 4.00. The van der Waals surface area contributed by atoms with Crippen LogP contribution in [-0.4, -0.2) is 29.5 Å². The number of nitrogens with zero attached hydrogens (tertiary/aromatic N) is 2. The first kappa shape index (κ1) is 20.3. The summed E-state index contributed by atoms with van der Waals surface area (Å²) in [6, 6.07) is 8.38. The van der Waals surface area contributed by atoms with Crippen LogP contribution >= 0.6 is 36.4 Å². The molecule has 128 valence electrons. The van der Waals surface area contributed by atoms with E-state index in [2.05, 4.69) is 21.3 Å². The zero-order chi connectivity index (χ0) is 14.8. The summed E-state index contributed by atoms with van der Waals surface area (Å²) < 4.78 is 5.73. The molecule has 0 radical (unpaired) electrons. The molecule has 23 heavy (non-hydrogen) atoms. The highest BCUT2D eigenvalue weighted by atomic mass is 35.5. The molecule has 1 unspecified atom stereocenters. The molecular weight excluding hydrogens is 357 g/mol. The molecular formula is C16H22Cl3N3O. The number of hydrogen-bond donors (Lipinski definition) is 1. The summed E-state index contributed by atoms with van der Waals surface area (Å²) in [6.07, 6.45) is 0. The minimum Gasteiger partial charge on any atom is -0.444 e. The zero-order valence-corrected chi connectivity index (χ0v) is 15.6. The molecule has 0 aliphatic carbocycles. The van der Waals surface area contributed by atoms with E-state index in [0.29, 0.717) is 6.04 Å². The Kier molecular flexibility index (Phi) is 7.84. The number of aromatic nitrogens is 1. The van der Waals surface area contributed by atoms with Crippen molar-refractivity contribution in [1.82, 2.24) is 15.2 Å². The quantitative estimate of drug-likeness (QED) is 0.878. The Morgan fingerprint density at radius 1 is 1.35 bits per heavy atom. The molecule has 0 amide bonds. The minimum atomic E-state index is 0. The maximum atomic E-state index is 6.13. The SMILES string of the molecule is Cc1nc(CN2CCNCC2c2cccc(Cl)c2)oc1C.Cl.Cl. The Labute approximate surface area is 154 Å². The largest absolute Gasteiger partial charge is 0.444 e. The zero-order valence-electron chi connectivity index (χ0n) is 13.2. The van der Waals surface area contributed by atoms with Crippen LogP contribution in [0.2, 0.25) is 5.02 Å². The lowest BCUT2D eigenvalue weighted by Gasteiger charge is -2.35. The summed E-state index contributed by atoms with van der Waals surface area (Å²) in [6.45, 7) is 7.53. The Morgan fingerprint density at radius 2 is 2.13 bits per heavy atom. The molecule has 4 nitrogen and oxygen atoms in total. The number of nitrogens with one attached hydrogen (secondary N) is 1. The lowest BCUT2D eigenvalue weighted by molar-refractivity contribution is 0.139. The number of benzene rings is 1. The highest BCUT2D eigenvalue weighted by Crippen LogP contribution is 2.26. The monoisotopic (exact) mass is 377 g/mol. The van der Waals surface area contributed by atoms with Crippen LogP contribution in [0.3, 0.4) is 0 Å². The van der Waals surface area contributed by atoms with Crippen molar-refractivity contribution >= 4 is 36.4 Å². The lowest BCUT2D eigenvalue weighted by Crippen LogP contribution is -2.45. The molecule has 1 saturated heterocycles. The fourth-order valence-corrected chi connectivity index (χ4v) is 2.96. The van der Waals surface area contributed by atoms with Gasteiger partial charge in [-0.1, -0.05) is 23.7 Å². The first-order chi connectivity index (χ1) is 10.1. The van der Waals surface area contributed by atoms with E-state index in [0.717, 1.165) is 48.5 Å². The van der Waals surface area contributed by atoms with Crippen LogP contribution in [0.25, 0.3) is 0 Å². The molecule has 7 heteroatoms. The molecule has 1 aliphatic heterocycles. The van der Waals surface area contributed by atoms with E-state index in [1.807, 2.05) is 32.0 Å². The second kappa shape index (κ2) is 8.90. The van der Waals surface area contributed by atoms with Gasteiger partial charge in [-0.05, 0) is 31.5 Å². The van der Waals surface area contributed by atoms with Crippen molar-refractivity contribution in [3.05, 3.63) is 52.2 Å². The second-order valence-electron chi connectivity index (χ2n) is 5.49. The van der Waals surface area contributed by atoms with Gasteiger partial charge in [-0.3, -0.25) is 4.90 Å². The summed E-state index contributed by atoms with van der Waals surface area (Å²) in [5, 5.41) is 4.23. The van der Waals surface area contributed by atoms with Crippen molar-refractivity contribution in [2.75, 3.05) is 19.6 Å². The van der Waals surface area contributed by atoms with Gasteiger partial charge in [0.1, 0.15) is 5.76 Å². The number of halogens is 3. The van der Waals surface area contributed by atoms with Crippen molar-refractivity contribution in [2.24, 2.45) is 0 Å².